The van der Waals surface area contributed by atoms with Gasteiger partial charge in [-0.05, 0) is 18.6 Å². The molecule has 0 bridgehead atoms. The van der Waals surface area contributed by atoms with Gasteiger partial charge in [-0.1, -0.05) is 48.5 Å². The van der Waals surface area contributed by atoms with Crippen molar-refractivity contribution in [2.24, 2.45) is 0 Å². The van der Waals surface area contributed by atoms with Crippen LogP contribution in [0.15, 0.2) is 60.8 Å². The molecule has 1 atom stereocenters. The second-order valence-corrected chi connectivity index (χ2v) is 7.12. The van der Waals surface area contributed by atoms with E-state index < -0.39 is 0 Å². The minimum absolute atomic E-state index is 0.00760. The Morgan fingerprint density at radius 2 is 2.00 bits per heavy atom. The topological polar surface area (TPSA) is 70.2 Å². The molecule has 4 rings (SSSR count). The number of carbonyl (C=O) groups excluding carboxylic acids is 1. The van der Waals surface area contributed by atoms with Crippen LogP contribution in [0.4, 0.5) is 0 Å². The van der Waals surface area contributed by atoms with Gasteiger partial charge in [0.15, 0.2) is 0 Å². The average molecular weight is 376 g/mol. The van der Waals surface area contributed by atoms with E-state index in [-0.39, 0.29) is 12.0 Å². The molecule has 0 fully saturated rings. The number of benzene rings is 2. The lowest BCUT2D eigenvalue weighted by Gasteiger charge is -2.21. The summed E-state index contributed by atoms with van der Waals surface area (Å²) < 4.78 is 5.97. The first-order valence-electron chi connectivity index (χ1n) is 9.50. The number of rotatable bonds is 5. The highest BCUT2D eigenvalue weighted by molar-refractivity contribution is 5.78. The number of aromatic nitrogens is 2. The maximum absolute atomic E-state index is 12.6. The van der Waals surface area contributed by atoms with Gasteiger partial charge in [-0.3, -0.25) is 14.8 Å². The summed E-state index contributed by atoms with van der Waals surface area (Å²) in [5.74, 6) is 0.899. The minimum Gasteiger partial charge on any atom is -0.489 e. The third-order valence-electron chi connectivity index (χ3n) is 4.83. The SMILES string of the molecule is CC1CN(CC(=O)NCc2cn[nH]c2-c2ccccc2)Cc2ccccc2O1. The van der Waals surface area contributed by atoms with Gasteiger partial charge in [0.25, 0.3) is 0 Å². The summed E-state index contributed by atoms with van der Waals surface area (Å²) in [5, 5.41) is 10.2. The third-order valence-corrected chi connectivity index (χ3v) is 4.83. The van der Waals surface area contributed by atoms with E-state index in [1.807, 2.05) is 55.5 Å². The summed E-state index contributed by atoms with van der Waals surface area (Å²) in [6, 6.07) is 18.0. The predicted molar refractivity (Wildman–Crippen MR) is 108 cm³/mol. The van der Waals surface area contributed by atoms with E-state index in [0.29, 0.717) is 26.2 Å². The molecular weight excluding hydrogens is 352 g/mol. The summed E-state index contributed by atoms with van der Waals surface area (Å²) in [4.78, 5) is 14.7. The normalized spacial score (nSPS) is 16.7. The van der Waals surface area contributed by atoms with Crippen molar-refractivity contribution < 1.29 is 9.53 Å². The molecule has 0 radical (unpaired) electrons. The standard InChI is InChI=1S/C22H24N4O2/c1-16-13-26(14-18-9-5-6-10-20(18)28-16)15-21(27)23-11-19-12-24-25-22(19)17-7-3-2-4-8-17/h2-10,12,16H,11,13-15H2,1H3,(H,23,27)(H,24,25). The number of hydrogen-bond donors (Lipinski definition) is 2. The zero-order chi connectivity index (χ0) is 19.3. The number of ether oxygens (including phenoxy) is 1. The molecule has 0 saturated heterocycles. The van der Waals surface area contributed by atoms with Gasteiger partial charge in [0.05, 0.1) is 18.4 Å². The highest BCUT2D eigenvalue weighted by Gasteiger charge is 2.21. The fourth-order valence-electron chi connectivity index (χ4n) is 3.55. The molecule has 6 nitrogen and oxygen atoms in total. The van der Waals surface area contributed by atoms with Crippen LogP contribution in [-0.4, -0.2) is 40.2 Å². The fourth-order valence-corrected chi connectivity index (χ4v) is 3.55. The Balaban J connectivity index is 1.37. The lowest BCUT2D eigenvalue weighted by atomic mass is 10.1. The summed E-state index contributed by atoms with van der Waals surface area (Å²) in [6.07, 6.45) is 1.80. The zero-order valence-electron chi connectivity index (χ0n) is 15.9. The lowest BCUT2D eigenvalue weighted by molar-refractivity contribution is -0.122. The van der Waals surface area contributed by atoms with Crippen molar-refractivity contribution in [1.29, 1.82) is 0 Å². The molecule has 2 aromatic carbocycles. The first-order valence-corrected chi connectivity index (χ1v) is 9.50. The molecule has 1 aliphatic heterocycles. The van der Waals surface area contributed by atoms with E-state index in [2.05, 4.69) is 26.5 Å². The first kappa shape index (κ1) is 18.3. The predicted octanol–water partition coefficient (Wildman–Crippen LogP) is 2.98. The molecule has 3 aromatic rings. The van der Waals surface area contributed by atoms with Gasteiger partial charge in [0, 0.05) is 30.8 Å². The van der Waals surface area contributed by atoms with Gasteiger partial charge >= 0.3 is 0 Å². The molecular formula is C22H24N4O2. The molecule has 0 saturated carbocycles. The van der Waals surface area contributed by atoms with Crippen molar-refractivity contribution >= 4 is 5.91 Å². The molecule has 1 amide bonds. The van der Waals surface area contributed by atoms with Crippen molar-refractivity contribution in [1.82, 2.24) is 20.4 Å². The van der Waals surface area contributed by atoms with Crippen LogP contribution in [-0.2, 0) is 17.9 Å². The molecule has 28 heavy (non-hydrogen) atoms. The van der Waals surface area contributed by atoms with Crippen LogP contribution in [0.5, 0.6) is 5.75 Å². The van der Waals surface area contributed by atoms with Crippen molar-refractivity contribution in [2.75, 3.05) is 13.1 Å². The van der Waals surface area contributed by atoms with Crippen LogP contribution in [0.3, 0.4) is 0 Å². The Kier molecular flexibility index (Phi) is 5.39. The van der Waals surface area contributed by atoms with E-state index in [1.165, 1.54) is 0 Å². The second kappa shape index (κ2) is 8.27. The fraction of sp³-hybridized carbons (Fsp3) is 0.273. The van der Waals surface area contributed by atoms with Crippen LogP contribution >= 0.6 is 0 Å². The highest BCUT2D eigenvalue weighted by Crippen LogP contribution is 2.24. The molecule has 1 unspecified atom stereocenters. The maximum atomic E-state index is 12.6. The monoisotopic (exact) mass is 376 g/mol. The van der Waals surface area contributed by atoms with E-state index in [0.717, 1.165) is 28.1 Å². The van der Waals surface area contributed by atoms with Crippen LogP contribution in [0, 0.1) is 0 Å². The van der Waals surface area contributed by atoms with Gasteiger partial charge in [-0.2, -0.15) is 5.10 Å². The van der Waals surface area contributed by atoms with Gasteiger partial charge in [0.2, 0.25) is 5.91 Å². The molecule has 6 heteroatoms. The van der Waals surface area contributed by atoms with Crippen LogP contribution in [0.2, 0.25) is 0 Å². The Hall–Kier alpha value is -3.12. The molecule has 0 aliphatic carbocycles. The van der Waals surface area contributed by atoms with E-state index in [1.54, 1.807) is 6.20 Å². The van der Waals surface area contributed by atoms with Gasteiger partial charge in [-0.15, -0.1) is 0 Å². The molecule has 2 heterocycles. The Labute approximate surface area is 164 Å². The number of hydrogen-bond acceptors (Lipinski definition) is 4. The molecule has 1 aliphatic rings. The number of aromatic amines is 1. The summed E-state index contributed by atoms with van der Waals surface area (Å²) >= 11 is 0. The first-order chi connectivity index (χ1) is 13.7. The van der Waals surface area contributed by atoms with E-state index in [9.17, 15) is 4.79 Å². The van der Waals surface area contributed by atoms with E-state index in [4.69, 9.17) is 4.74 Å². The molecule has 1 aromatic heterocycles. The number of H-pyrrole nitrogens is 1. The smallest absolute Gasteiger partial charge is 0.234 e. The van der Waals surface area contributed by atoms with Crippen LogP contribution in [0.1, 0.15) is 18.1 Å². The summed E-state index contributed by atoms with van der Waals surface area (Å²) in [6.45, 7) is 4.22. The third kappa shape index (κ3) is 4.23. The quantitative estimate of drug-likeness (QED) is 0.718. The number of para-hydroxylation sites is 1. The molecule has 0 spiro atoms. The highest BCUT2D eigenvalue weighted by atomic mass is 16.5. The van der Waals surface area contributed by atoms with E-state index >= 15 is 0 Å². The summed E-state index contributed by atoms with van der Waals surface area (Å²) in [7, 11) is 0. The number of carbonyl (C=O) groups is 1. The largest absolute Gasteiger partial charge is 0.489 e. The van der Waals surface area contributed by atoms with Crippen LogP contribution < -0.4 is 10.1 Å². The Morgan fingerprint density at radius 3 is 2.86 bits per heavy atom. The van der Waals surface area contributed by atoms with Crippen LogP contribution in [0.25, 0.3) is 11.3 Å². The zero-order valence-corrected chi connectivity index (χ0v) is 15.9. The Bertz CT molecular complexity index is 938. The number of nitrogens with one attached hydrogen (secondary N) is 2. The van der Waals surface area contributed by atoms with Gasteiger partial charge in [0.1, 0.15) is 11.9 Å². The number of fused-ring (bicyclic) bond motifs is 1. The van der Waals surface area contributed by atoms with Crippen molar-refractivity contribution in [2.45, 2.75) is 26.1 Å². The second-order valence-electron chi connectivity index (χ2n) is 7.12. The Morgan fingerprint density at radius 1 is 1.21 bits per heavy atom. The molecule has 144 valence electrons. The average Bonchev–Trinajstić information content (AvgIpc) is 3.10. The number of amides is 1. The van der Waals surface area contributed by atoms with Gasteiger partial charge in [-0.25, -0.2) is 0 Å². The van der Waals surface area contributed by atoms with Crippen molar-refractivity contribution in [3.8, 4) is 17.0 Å². The molecule has 2 N–H and O–H groups in total. The number of nitrogens with zero attached hydrogens (tertiary/aromatic N) is 2. The lowest BCUT2D eigenvalue weighted by Crippen LogP contribution is -2.39. The maximum Gasteiger partial charge on any atom is 0.234 e. The minimum atomic E-state index is -0.00760. The van der Waals surface area contributed by atoms with Crippen molar-refractivity contribution in [3.63, 3.8) is 0 Å². The van der Waals surface area contributed by atoms with Gasteiger partial charge < -0.3 is 10.1 Å². The summed E-state index contributed by atoms with van der Waals surface area (Å²) in [5.41, 5.74) is 4.07. The van der Waals surface area contributed by atoms with Crippen molar-refractivity contribution in [3.05, 3.63) is 71.9 Å².